The molecule has 7 nitrogen and oxygen atoms in total. The summed E-state index contributed by atoms with van der Waals surface area (Å²) < 4.78 is 8.29. The second-order valence-corrected chi connectivity index (χ2v) is 5.37. The number of nitrogens with two attached hydrogens (primary N) is 1. The first kappa shape index (κ1) is 13.9. The van der Waals surface area contributed by atoms with Gasteiger partial charge in [0.05, 0.1) is 5.69 Å². The van der Waals surface area contributed by atoms with Crippen LogP contribution in [-0.4, -0.2) is 31.7 Å². The van der Waals surface area contributed by atoms with Crippen molar-refractivity contribution in [3.8, 4) is 11.5 Å². The topological polar surface area (TPSA) is 95.7 Å². The molecule has 8 heteroatoms. The van der Waals surface area contributed by atoms with Crippen LogP contribution in [0.3, 0.4) is 0 Å². The van der Waals surface area contributed by atoms with E-state index in [1.54, 1.807) is 4.68 Å². The normalized spacial score (nSPS) is 11.0. The van der Waals surface area contributed by atoms with Crippen molar-refractivity contribution in [2.75, 3.05) is 6.54 Å². The van der Waals surface area contributed by atoms with Crippen LogP contribution in [-0.2, 0) is 13.0 Å². The van der Waals surface area contributed by atoms with E-state index < -0.39 is 0 Å². The first-order valence-corrected chi connectivity index (χ1v) is 7.21. The largest absolute Gasteiger partial charge is 0.419 e. The van der Waals surface area contributed by atoms with Gasteiger partial charge in [-0.3, -0.25) is 0 Å². The van der Waals surface area contributed by atoms with Gasteiger partial charge in [-0.25, -0.2) is 4.68 Å². The van der Waals surface area contributed by atoms with Crippen LogP contribution < -0.4 is 5.73 Å². The first-order valence-electron chi connectivity index (χ1n) is 6.42. The van der Waals surface area contributed by atoms with Crippen LogP contribution in [0, 0.1) is 0 Å². The van der Waals surface area contributed by atoms with Gasteiger partial charge in [0.15, 0.2) is 0 Å². The van der Waals surface area contributed by atoms with Crippen LogP contribution in [0.25, 0.3) is 11.5 Å². The maximum absolute atomic E-state index is 5.63. The van der Waals surface area contributed by atoms with E-state index in [2.05, 4.69) is 36.4 Å². The highest BCUT2D eigenvalue weighted by molar-refractivity contribution is 9.10. The van der Waals surface area contributed by atoms with Crippen LogP contribution >= 0.6 is 15.9 Å². The number of halogens is 1. The zero-order valence-corrected chi connectivity index (χ0v) is 12.7. The van der Waals surface area contributed by atoms with Crippen molar-refractivity contribution in [3.63, 3.8) is 0 Å². The molecule has 108 valence electrons. The number of hydrogen-bond acceptors (Lipinski definition) is 6. The standard InChI is InChI=1S/C13H13BrN6O/c14-10-3-1-9(2-4-10)13-18-17-12(21-13)8-20-7-11(5-6-15)16-19-20/h1-4,7H,5-6,8,15H2. The Kier molecular flexibility index (Phi) is 4.07. The third-order valence-electron chi connectivity index (χ3n) is 2.84. The van der Waals surface area contributed by atoms with Crippen molar-refractivity contribution in [2.24, 2.45) is 5.73 Å². The van der Waals surface area contributed by atoms with E-state index in [1.165, 1.54) is 0 Å². The van der Waals surface area contributed by atoms with Gasteiger partial charge in [0, 0.05) is 22.7 Å². The molecule has 1 aromatic carbocycles. The zero-order valence-electron chi connectivity index (χ0n) is 11.1. The Hall–Kier alpha value is -2.06. The molecule has 2 aromatic heterocycles. The maximum Gasteiger partial charge on any atom is 0.247 e. The molecule has 0 aliphatic rings. The molecule has 0 fully saturated rings. The fraction of sp³-hybridized carbons (Fsp3) is 0.231. The maximum atomic E-state index is 5.63. The van der Waals surface area contributed by atoms with Crippen molar-refractivity contribution in [2.45, 2.75) is 13.0 Å². The molecule has 2 heterocycles. The quantitative estimate of drug-likeness (QED) is 0.752. The number of hydrogen-bond donors (Lipinski definition) is 1. The minimum atomic E-state index is 0.390. The molecule has 0 aliphatic heterocycles. The summed E-state index contributed by atoms with van der Waals surface area (Å²) in [6, 6.07) is 7.68. The van der Waals surface area contributed by atoms with E-state index in [4.69, 9.17) is 10.2 Å². The molecule has 0 spiro atoms. The molecule has 0 saturated heterocycles. The Labute approximate surface area is 129 Å². The van der Waals surface area contributed by atoms with Crippen LogP contribution in [0.2, 0.25) is 0 Å². The third-order valence-corrected chi connectivity index (χ3v) is 3.37. The molecule has 0 radical (unpaired) electrons. The first-order chi connectivity index (χ1) is 10.2. The second kappa shape index (κ2) is 6.15. The molecule has 0 bridgehead atoms. The van der Waals surface area contributed by atoms with E-state index >= 15 is 0 Å². The molecular weight excluding hydrogens is 336 g/mol. The molecule has 21 heavy (non-hydrogen) atoms. The van der Waals surface area contributed by atoms with Gasteiger partial charge in [0.1, 0.15) is 6.54 Å². The van der Waals surface area contributed by atoms with Crippen LogP contribution in [0.1, 0.15) is 11.6 Å². The monoisotopic (exact) mass is 348 g/mol. The SMILES string of the molecule is NCCc1cn(Cc2nnc(-c3ccc(Br)cc3)o2)nn1. The molecule has 0 aliphatic carbocycles. The summed E-state index contributed by atoms with van der Waals surface area (Å²) in [5.41, 5.74) is 7.21. The summed E-state index contributed by atoms with van der Waals surface area (Å²) >= 11 is 3.39. The van der Waals surface area contributed by atoms with Crippen molar-refractivity contribution in [3.05, 3.63) is 46.5 Å². The number of nitrogens with zero attached hydrogens (tertiary/aromatic N) is 5. The van der Waals surface area contributed by atoms with Gasteiger partial charge < -0.3 is 10.2 Å². The van der Waals surface area contributed by atoms with Gasteiger partial charge >= 0.3 is 0 Å². The summed E-state index contributed by atoms with van der Waals surface area (Å²) in [5.74, 6) is 0.969. The van der Waals surface area contributed by atoms with E-state index in [0.29, 0.717) is 31.3 Å². The minimum absolute atomic E-state index is 0.390. The molecule has 3 aromatic rings. The fourth-order valence-electron chi connectivity index (χ4n) is 1.84. The zero-order chi connectivity index (χ0) is 14.7. The van der Waals surface area contributed by atoms with Gasteiger partial charge in [-0.15, -0.1) is 15.3 Å². The highest BCUT2D eigenvalue weighted by Crippen LogP contribution is 2.20. The summed E-state index contributed by atoms with van der Waals surface area (Å²) in [7, 11) is 0. The molecular formula is C13H13BrN6O. The Balaban J connectivity index is 1.73. The molecule has 0 atom stereocenters. The van der Waals surface area contributed by atoms with Crippen LogP contribution in [0.4, 0.5) is 0 Å². The highest BCUT2D eigenvalue weighted by atomic mass is 79.9. The molecule has 0 saturated carbocycles. The Morgan fingerprint density at radius 1 is 1.14 bits per heavy atom. The van der Waals surface area contributed by atoms with Gasteiger partial charge in [-0.2, -0.15) is 0 Å². The lowest BCUT2D eigenvalue weighted by molar-refractivity contribution is 0.469. The summed E-state index contributed by atoms with van der Waals surface area (Å²) in [5, 5.41) is 16.1. The summed E-state index contributed by atoms with van der Waals surface area (Å²) in [4.78, 5) is 0. The average Bonchev–Trinajstić information content (AvgIpc) is 3.11. The summed E-state index contributed by atoms with van der Waals surface area (Å²) in [6.07, 6.45) is 2.53. The Morgan fingerprint density at radius 3 is 2.71 bits per heavy atom. The Morgan fingerprint density at radius 2 is 1.95 bits per heavy atom. The third kappa shape index (κ3) is 3.34. The fourth-order valence-corrected chi connectivity index (χ4v) is 2.11. The average molecular weight is 349 g/mol. The highest BCUT2D eigenvalue weighted by Gasteiger charge is 2.10. The lowest BCUT2D eigenvalue weighted by Gasteiger charge is -1.95. The van der Waals surface area contributed by atoms with E-state index in [1.807, 2.05) is 30.5 Å². The second-order valence-electron chi connectivity index (χ2n) is 4.45. The van der Waals surface area contributed by atoms with Crippen molar-refractivity contribution in [1.29, 1.82) is 0 Å². The lowest BCUT2D eigenvalue weighted by atomic mass is 10.2. The smallest absolute Gasteiger partial charge is 0.247 e. The summed E-state index contributed by atoms with van der Waals surface area (Å²) in [6.45, 7) is 0.939. The minimum Gasteiger partial charge on any atom is -0.419 e. The van der Waals surface area contributed by atoms with Crippen LogP contribution in [0.5, 0.6) is 0 Å². The predicted molar refractivity (Wildman–Crippen MR) is 79.3 cm³/mol. The lowest BCUT2D eigenvalue weighted by Crippen LogP contribution is -2.03. The van der Waals surface area contributed by atoms with Gasteiger partial charge in [-0.05, 0) is 30.8 Å². The number of aromatic nitrogens is 5. The van der Waals surface area contributed by atoms with Crippen LogP contribution in [0.15, 0.2) is 39.4 Å². The molecule has 0 unspecified atom stereocenters. The molecule has 3 rings (SSSR count). The Bertz CT molecular complexity index is 720. The van der Waals surface area contributed by atoms with Crippen molar-refractivity contribution < 1.29 is 4.42 Å². The van der Waals surface area contributed by atoms with Crippen molar-refractivity contribution >= 4 is 15.9 Å². The van der Waals surface area contributed by atoms with Crippen molar-refractivity contribution in [1.82, 2.24) is 25.2 Å². The molecule has 2 N–H and O–H groups in total. The number of benzene rings is 1. The van der Waals surface area contributed by atoms with E-state index in [-0.39, 0.29) is 0 Å². The predicted octanol–water partition coefficient (Wildman–Crippen LogP) is 1.64. The van der Waals surface area contributed by atoms with Gasteiger partial charge in [0.2, 0.25) is 11.8 Å². The van der Waals surface area contributed by atoms with Gasteiger partial charge in [-0.1, -0.05) is 21.1 Å². The number of rotatable bonds is 5. The molecule has 0 amide bonds. The van der Waals surface area contributed by atoms with E-state index in [0.717, 1.165) is 15.7 Å². The van der Waals surface area contributed by atoms with E-state index in [9.17, 15) is 0 Å². The van der Waals surface area contributed by atoms with Gasteiger partial charge in [0.25, 0.3) is 0 Å².